The lowest BCUT2D eigenvalue weighted by Crippen LogP contribution is -2.19. The molecule has 0 aromatic heterocycles. The topological polar surface area (TPSA) is 41.1 Å². The van der Waals surface area contributed by atoms with Gasteiger partial charge in [-0.1, -0.05) is 60.7 Å². The number of amides is 2. The Morgan fingerprint density at radius 1 is 0.773 bits per heavy atom. The van der Waals surface area contributed by atoms with Crippen LogP contribution in [0.15, 0.2) is 78.9 Å². The first-order valence-corrected chi connectivity index (χ1v) is 7.02. The second-order valence-electron chi connectivity index (χ2n) is 4.77. The van der Waals surface area contributed by atoms with Crippen molar-refractivity contribution in [2.75, 3.05) is 10.6 Å². The second kappa shape index (κ2) is 6.59. The van der Waals surface area contributed by atoms with Gasteiger partial charge in [-0.15, -0.1) is 0 Å². The maximum Gasteiger partial charge on any atom is 0.323 e. The quantitative estimate of drug-likeness (QED) is 0.714. The van der Waals surface area contributed by atoms with E-state index in [0.29, 0.717) is 0 Å². The summed E-state index contributed by atoms with van der Waals surface area (Å²) >= 11 is 0. The predicted molar refractivity (Wildman–Crippen MR) is 89.8 cm³/mol. The smallest absolute Gasteiger partial charge is 0.308 e. The SMILES string of the molecule is O=C(Nc1ccccc1)Nc1ccccc1-c1[c]cccc1. The summed E-state index contributed by atoms with van der Waals surface area (Å²) in [6.45, 7) is 0. The van der Waals surface area contributed by atoms with Gasteiger partial charge in [0.15, 0.2) is 0 Å². The normalized spacial score (nSPS) is 10.0. The van der Waals surface area contributed by atoms with E-state index in [0.717, 1.165) is 22.5 Å². The number of nitrogens with one attached hydrogen (secondary N) is 2. The highest BCUT2D eigenvalue weighted by Gasteiger charge is 2.08. The Morgan fingerprint density at radius 2 is 1.50 bits per heavy atom. The molecule has 22 heavy (non-hydrogen) atoms. The minimum absolute atomic E-state index is 0.269. The monoisotopic (exact) mass is 287 g/mol. The molecule has 2 N–H and O–H groups in total. The van der Waals surface area contributed by atoms with Crippen molar-refractivity contribution in [2.45, 2.75) is 0 Å². The molecule has 2 amide bonds. The fourth-order valence-corrected chi connectivity index (χ4v) is 2.19. The van der Waals surface area contributed by atoms with Crippen LogP contribution in [0, 0.1) is 6.07 Å². The van der Waals surface area contributed by atoms with Gasteiger partial charge in [0.05, 0.1) is 5.69 Å². The van der Waals surface area contributed by atoms with E-state index in [1.54, 1.807) is 0 Å². The van der Waals surface area contributed by atoms with Crippen LogP contribution in [0.3, 0.4) is 0 Å². The summed E-state index contributed by atoms with van der Waals surface area (Å²) in [5.41, 5.74) is 3.38. The number of anilines is 2. The molecule has 0 fully saturated rings. The Labute approximate surface area is 129 Å². The van der Waals surface area contributed by atoms with Gasteiger partial charge in [-0.25, -0.2) is 4.79 Å². The van der Waals surface area contributed by atoms with Gasteiger partial charge < -0.3 is 10.6 Å². The largest absolute Gasteiger partial charge is 0.323 e. The zero-order chi connectivity index (χ0) is 15.2. The van der Waals surface area contributed by atoms with Gasteiger partial charge in [0.25, 0.3) is 0 Å². The molecule has 107 valence electrons. The fraction of sp³-hybridized carbons (Fsp3) is 0. The number of carbonyl (C=O) groups is 1. The van der Waals surface area contributed by atoms with Gasteiger partial charge in [0.1, 0.15) is 0 Å². The number of benzene rings is 3. The average Bonchev–Trinajstić information content (AvgIpc) is 2.57. The molecule has 0 bridgehead atoms. The molecule has 3 nitrogen and oxygen atoms in total. The third-order valence-corrected chi connectivity index (χ3v) is 3.21. The Kier molecular flexibility index (Phi) is 4.16. The zero-order valence-electron chi connectivity index (χ0n) is 11.9. The lowest BCUT2D eigenvalue weighted by molar-refractivity contribution is 0.262. The molecule has 3 heteroatoms. The van der Waals surface area contributed by atoms with Crippen LogP contribution < -0.4 is 10.6 Å². The van der Waals surface area contributed by atoms with Crippen molar-refractivity contribution in [3.63, 3.8) is 0 Å². The molecule has 0 aliphatic rings. The number of hydrogen-bond acceptors (Lipinski definition) is 1. The third kappa shape index (κ3) is 3.33. The van der Waals surface area contributed by atoms with Crippen LogP contribution in [0.2, 0.25) is 0 Å². The minimum atomic E-state index is -0.269. The lowest BCUT2D eigenvalue weighted by atomic mass is 10.0. The van der Waals surface area contributed by atoms with Gasteiger partial charge in [0, 0.05) is 11.3 Å². The van der Waals surface area contributed by atoms with Crippen LogP contribution in [0.1, 0.15) is 0 Å². The Morgan fingerprint density at radius 3 is 2.27 bits per heavy atom. The summed E-state index contributed by atoms with van der Waals surface area (Å²) < 4.78 is 0. The third-order valence-electron chi connectivity index (χ3n) is 3.21. The van der Waals surface area contributed by atoms with Gasteiger partial charge in [-0.05, 0) is 29.8 Å². The summed E-state index contributed by atoms with van der Waals surface area (Å²) in [4.78, 5) is 12.1. The first-order chi connectivity index (χ1) is 10.8. The number of hydrogen-bond donors (Lipinski definition) is 2. The minimum Gasteiger partial charge on any atom is -0.308 e. The molecule has 0 aliphatic heterocycles. The summed E-state index contributed by atoms with van der Waals surface area (Å²) in [5, 5.41) is 5.70. The van der Waals surface area contributed by atoms with Crippen molar-refractivity contribution in [3.8, 4) is 11.1 Å². The average molecular weight is 287 g/mol. The molecule has 3 rings (SSSR count). The highest BCUT2D eigenvalue weighted by Crippen LogP contribution is 2.27. The molecule has 0 atom stereocenters. The van der Waals surface area contributed by atoms with Crippen molar-refractivity contribution in [3.05, 3.63) is 84.9 Å². The highest BCUT2D eigenvalue weighted by atomic mass is 16.2. The summed E-state index contributed by atoms with van der Waals surface area (Å²) in [6.07, 6.45) is 0. The van der Waals surface area contributed by atoms with E-state index in [2.05, 4.69) is 16.7 Å². The van der Waals surface area contributed by atoms with E-state index in [4.69, 9.17) is 0 Å². The van der Waals surface area contributed by atoms with Gasteiger partial charge in [-0.3, -0.25) is 0 Å². The molecule has 3 aromatic rings. The van der Waals surface area contributed by atoms with E-state index in [9.17, 15) is 4.79 Å². The standard InChI is InChI=1S/C19H15N2O/c22-19(20-16-11-5-2-6-12-16)21-18-14-8-7-13-17(18)15-9-3-1-4-10-15/h1-9,11-14H,(H2,20,21,22). The number of carbonyl (C=O) groups excluding carboxylic acids is 1. The molecule has 0 aliphatic carbocycles. The molecule has 0 spiro atoms. The first kappa shape index (κ1) is 13.9. The second-order valence-corrected chi connectivity index (χ2v) is 4.77. The molecular formula is C19H15N2O. The molecular weight excluding hydrogens is 272 g/mol. The van der Waals surface area contributed by atoms with Crippen LogP contribution >= 0.6 is 0 Å². The molecule has 0 saturated carbocycles. The Bertz CT molecular complexity index is 755. The zero-order valence-corrected chi connectivity index (χ0v) is 11.9. The maximum atomic E-state index is 12.1. The highest BCUT2D eigenvalue weighted by molar-refractivity contribution is 6.02. The number of urea groups is 1. The van der Waals surface area contributed by atoms with Gasteiger partial charge in [0.2, 0.25) is 0 Å². The number of rotatable bonds is 3. The van der Waals surface area contributed by atoms with Crippen LogP contribution in [-0.2, 0) is 0 Å². The number of para-hydroxylation sites is 2. The van der Waals surface area contributed by atoms with Crippen molar-refractivity contribution in [2.24, 2.45) is 0 Å². The van der Waals surface area contributed by atoms with Crippen molar-refractivity contribution in [1.82, 2.24) is 0 Å². The van der Waals surface area contributed by atoms with Crippen LogP contribution in [0.25, 0.3) is 11.1 Å². The van der Waals surface area contributed by atoms with Crippen molar-refractivity contribution < 1.29 is 4.79 Å². The summed E-state index contributed by atoms with van der Waals surface area (Å²) in [5.74, 6) is 0. The van der Waals surface area contributed by atoms with Crippen LogP contribution in [0.4, 0.5) is 16.2 Å². The van der Waals surface area contributed by atoms with E-state index < -0.39 is 0 Å². The van der Waals surface area contributed by atoms with Crippen LogP contribution in [-0.4, -0.2) is 6.03 Å². The van der Waals surface area contributed by atoms with E-state index in [1.165, 1.54) is 0 Å². The fourth-order valence-electron chi connectivity index (χ4n) is 2.19. The molecule has 1 radical (unpaired) electrons. The molecule has 0 unspecified atom stereocenters. The predicted octanol–water partition coefficient (Wildman–Crippen LogP) is 4.80. The molecule has 0 saturated heterocycles. The van der Waals surface area contributed by atoms with E-state index in [-0.39, 0.29) is 6.03 Å². The van der Waals surface area contributed by atoms with E-state index in [1.807, 2.05) is 78.9 Å². The van der Waals surface area contributed by atoms with Crippen molar-refractivity contribution in [1.29, 1.82) is 0 Å². The molecule has 3 aromatic carbocycles. The van der Waals surface area contributed by atoms with Crippen LogP contribution in [0.5, 0.6) is 0 Å². The Hall–Kier alpha value is -3.07. The van der Waals surface area contributed by atoms with E-state index >= 15 is 0 Å². The van der Waals surface area contributed by atoms with Gasteiger partial charge in [-0.2, -0.15) is 0 Å². The molecule has 0 heterocycles. The van der Waals surface area contributed by atoms with Gasteiger partial charge >= 0.3 is 6.03 Å². The summed E-state index contributed by atoms with van der Waals surface area (Å²) in [7, 11) is 0. The summed E-state index contributed by atoms with van der Waals surface area (Å²) in [6, 6.07) is 27.6. The Balaban J connectivity index is 1.80. The van der Waals surface area contributed by atoms with Crippen molar-refractivity contribution >= 4 is 17.4 Å². The maximum absolute atomic E-state index is 12.1. The lowest BCUT2D eigenvalue weighted by Gasteiger charge is -2.12. The first-order valence-electron chi connectivity index (χ1n) is 7.02.